The maximum Gasteiger partial charge on any atom is 0.368 e. The van der Waals surface area contributed by atoms with Gasteiger partial charge in [0.05, 0.1) is 12.2 Å². The summed E-state index contributed by atoms with van der Waals surface area (Å²) in [5.41, 5.74) is 1.88. The summed E-state index contributed by atoms with van der Waals surface area (Å²) in [5, 5.41) is 7.88. The summed E-state index contributed by atoms with van der Waals surface area (Å²) in [5.74, 6) is 1.18. The number of benzene rings is 2. The smallest absolute Gasteiger partial charge is 0.368 e. The third-order valence-corrected chi connectivity index (χ3v) is 3.85. The molecule has 0 unspecified atom stereocenters. The first kappa shape index (κ1) is 15.1. The standard InChI is InChI=1S/C18H15N5O2/c1-13-16(19-17(25-13)14-8-4-2-5-9-14)12-22-18(24)23(21-20-22)15-10-6-3-7-11-15/h2-11H,12H2,1H3. The lowest BCUT2D eigenvalue weighted by molar-refractivity contribution is 0.534. The zero-order valence-electron chi connectivity index (χ0n) is 13.5. The molecular weight excluding hydrogens is 318 g/mol. The summed E-state index contributed by atoms with van der Waals surface area (Å²) in [4.78, 5) is 17.0. The minimum Gasteiger partial charge on any atom is -0.441 e. The fraction of sp³-hybridized carbons (Fsp3) is 0.111. The van der Waals surface area contributed by atoms with Crippen LogP contribution in [0.1, 0.15) is 11.5 Å². The molecule has 0 aliphatic carbocycles. The Morgan fingerprint density at radius 2 is 1.64 bits per heavy atom. The quantitative estimate of drug-likeness (QED) is 0.573. The van der Waals surface area contributed by atoms with E-state index in [0.717, 1.165) is 5.56 Å². The molecule has 0 bridgehead atoms. The van der Waals surface area contributed by atoms with Crippen molar-refractivity contribution in [3.8, 4) is 17.1 Å². The van der Waals surface area contributed by atoms with Crippen LogP contribution in [0.5, 0.6) is 0 Å². The van der Waals surface area contributed by atoms with Crippen LogP contribution >= 0.6 is 0 Å². The number of tetrazole rings is 1. The molecule has 0 N–H and O–H groups in total. The van der Waals surface area contributed by atoms with Gasteiger partial charge in [-0.05, 0) is 41.6 Å². The lowest BCUT2D eigenvalue weighted by Crippen LogP contribution is -2.25. The Morgan fingerprint density at radius 3 is 2.36 bits per heavy atom. The SMILES string of the molecule is Cc1oc(-c2ccccc2)nc1Cn1nnn(-c2ccccc2)c1=O. The first-order chi connectivity index (χ1) is 12.2. The van der Waals surface area contributed by atoms with Crippen LogP contribution in [0.3, 0.4) is 0 Å². The van der Waals surface area contributed by atoms with Crippen molar-refractivity contribution in [2.45, 2.75) is 13.5 Å². The second-order valence-electron chi connectivity index (χ2n) is 5.55. The van der Waals surface area contributed by atoms with Gasteiger partial charge >= 0.3 is 5.69 Å². The van der Waals surface area contributed by atoms with Gasteiger partial charge in [-0.2, -0.15) is 9.36 Å². The molecule has 0 spiro atoms. The highest BCUT2D eigenvalue weighted by Crippen LogP contribution is 2.21. The average Bonchev–Trinajstić information content (AvgIpc) is 3.20. The second-order valence-corrected chi connectivity index (χ2v) is 5.55. The number of aryl methyl sites for hydroxylation is 1. The van der Waals surface area contributed by atoms with Gasteiger partial charge in [-0.3, -0.25) is 0 Å². The van der Waals surface area contributed by atoms with Crippen LogP contribution in [0.25, 0.3) is 17.1 Å². The average molecular weight is 333 g/mol. The molecule has 0 saturated carbocycles. The number of nitrogens with zero attached hydrogens (tertiary/aromatic N) is 5. The molecular formula is C18H15N5O2. The Balaban J connectivity index is 1.65. The molecule has 7 nitrogen and oxygen atoms in total. The van der Waals surface area contributed by atoms with Gasteiger partial charge in [-0.1, -0.05) is 36.4 Å². The Bertz CT molecular complexity index is 1050. The molecule has 4 aromatic rings. The zero-order valence-corrected chi connectivity index (χ0v) is 13.5. The normalized spacial score (nSPS) is 10.9. The summed E-state index contributed by atoms with van der Waals surface area (Å²) in [6.45, 7) is 2.02. The van der Waals surface area contributed by atoms with Crippen molar-refractivity contribution in [3.63, 3.8) is 0 Å². The van der Waals surface area contributed by atoms with Gasteiger partial charge in [0.15, 0.2) is 0 Å². The van der Waals surface area contributed by atoms with Crippen molar-refractivity contribution in [2.24, 2.45) is 0 Å². The van der Waals surface area contributed by atoms with Gasteiger partial charge < -0.3 is 4.42 Å². The number of hydrogen-bond donors (Lipinski definition) is 0. The fourth-order valence-electron chi connectivity index (χ4n) is 2.53. The van der Waals surface area contributed by atoms with Gasteiger partial charge in [0, 0.05) is 5.56 Å². The third-order valence-electron chi connectivity index (χ3n) is 3.85. The minimum atomic E-state index is -0.324. The van der Waals surface area contributed by atoms with Crippen LogP contribution in [0.4, 0.5) is 0 Å². The molecule has 0 aliphatic rings. The van der Waals surface area contributed by atoms with E-state index in [9.17, 15) is 4.79 Å². The van der Waals surface area contributed by atoms with Gasteiger partial charge in [-0.25, -0.2) is 9.78 Å². The molecule has 124 valence electrons. The summed E-state index contributed by atoms with van der Waals surface area (Å²) in [6, 6.07) is 18.8. The predicted octanol–water partition coefficient (Wildman–Crippen LogP) is 2.44. The Labute approximate surface area is 143 Å². The monoisotopic (exact) mass is 333 g/mol. The highest BCUT2D eigenvalue weighted by atomic mass is 16.4. The lowest BCUT2D eigenvalue weighted by atomic mass is 10.2. The molecule has 4 rings (SSSR count). The Kier molecular flexibility index (Phi) is 3.74. The number of rotatable bonds is 4. The highest BCUT2D eigenvalue weighted by Gasteiger charge is 2.15. The molecule has 2 heterocycles. The van der Waals surface area contributed by atoms with E-state index in [0.29, 0.717) is 23.0 Å². The van der Waals surface area contributed by atoms with E-state index >= 15 is 0 Å². The number of para-hydroxylation sites is 1. The molecule has 0 saturated heterocycles. The van der Waals surface area contributed by atoms with Crippen molar-refractivity contribution >= 4 is 0 Å². The van der Waals surface area contributed by atoms with Crippen molar-refractivity contribution in [3.05, 3.63) is 82.6 Å². The van der Waals surface area contributed by atoms with Crippen LogP contribution in [-0.2, 0) is 6.54 Å². The third kappa shape index (κ3) is 2.87. The maximum atomic E-state index is 12.5. The molecule has 2 aromatic carbocycles. The van der Waals surface area contributed by atoms with E-state index in [-0.39, 0.29) is 12.2 Å². The second kappa shape index (κ2) is 6.20. The lowest BCUT2D eigenvalue weighted by Gasteiger charge is -1.97. The van der Waals surface area contributed by atoms with Gasteiger partial charge in [0.1, 0.15) is 11.5 Å². The Hall–Kier alpha value is -3.48. The number of hydrogen-bond acceptors (Lipinski definition) is 5. The van der Waals surface area contributed by atoms with Crippen molar-refractivity contribution < 1.29 is 4.42 Å². The first-order valence-electron chi connectivity index (χ1n) is 7.82. The predicted molar refractivity (Wildman–Crippen MR) is 91.4 cm³/mol. The van der Waals surface area contributed by atoms with E-state index in [2.05, 4.69) is 15.4 Å². The number of aromatic nitrogens is 5. The molecule has 7 heteroatoms. The molecule has 0 atom stereocenters. The van der Waals surface area contributed by atoms with Gasteiger partial charge in [-0.15, -0.1) is 0 Å². The molecule has 25 heavy (non-hydrogen) atoms. The van der Waals surface area contributed by atoms with Gasteiger partial charge in [0.25, 0.3) is 0 Å². The maximum absolute atomic E-state index is 12.5. The Morgan fingerprint density at radius 1 is 0.960 bits per heavy atom. The molecule has 0 radical (unpaired) electrons. The fourth-order valence-corrected chi connectivity index (χ4v) is 2.53. The van der Waals surface area contributed by atoms with Gasteiger partial charge in [0.2, 0.25) is 5.89 Å². The molecule has 0 fully saturated rings. The molecule has 0 aliphatic heterocycles. The molecule has 0 amide bonds. The van der Waals surface area contributed by atoms with E-state index in [1.807, 2.05) is 55.5 Å². The number of oxazole rings is 1. The summed E-state index contributed by atoms with van der Waals surface area (Å²) in [7, 11) is 0. The minimum absolute atomic E-state index is 0.202. The highest BCUT2D eigenvalue weighted by molar-refractivity contribution is 5.53. The van der Waals surface area contributed by atoms with E-state index in [1.165, 1.54) is 9.36 Å². The topological polar surface area (TPSA) is 78.7 Å². The van der Waals surface area contributed by atoms with Crippen LogP contribution in [0, 0.1) is 6.92 Å². The van der Waals surface area contributed by atoms with Crippen LogP contribution in [-0.4, -0.2) is 24.8 Å². The largest absolute Gasteiger partial charge is 0.441 e. The van der Waals surface area contributed by atoms with Crippen LogP contribution in [0.15, 0.2) is 69.9 Å². The van der Waals surface area contributed by atoms with Crippen molar-refractivity contribution in [1.29, 1.82) is 0 Å². The summed E-state index contributed by atoms with van der Waals surface area (Å²) >= 11 is 0. The summed E-state index contributed by atoms with van der Waals surface area (Å²) in [6.07, 6.45) is 0. The van der Waals surface area contributed by atoms with Crippen molar-refractivity contribution in [2.75, 3.05) is 0 Å². The van der Waals surface area contributed by atoms with E-state index in [4.69, 9.17) is 4.42 Å². The zero-order chi connectivity index (χ0) is 17.2. The molecule has 2 aromatic heterocycles. The summed E-state index contributed by atoms with van der Waals surface area (Å²) < 4.78 is 8.25. The first-order valence-corrected chi connectivity index (χ1v) is 7.82. The van der Waals surface area contributed by atoms with E-state index < -0.39 is 0 Å². The van der Waals surface area contributed by atoms with Crippen LogP contribution < -0.4 is 5.69 Å². The van der Waals surface area contributed by atoms with E-state index in [1.54, 1.807) is 12.1 Å². The van der Waals surface area contributed by atoms with Crippen molar-refractivity contribution in [1.82, 2.24) is 24.8 Å². The van der Waals surface area contributed by atoms with Crippen LogP contribution in [0.2, 0.25) is 0 Å².